The van der Waals surface area contributed by atoms with Gasteiger partial charge < -0.3 is 19.3 Å². The number of benzene rings is 1. The van der Waals surface area contributed by atoms with Gasteiger partial charge in [0.25, 0.3) is 0 Å². The summed E-state index contributed by atoms with van der Waals surface area (Å²) in [7, 11) is 1.39. The molecule has 1 fully saturated rings. The third-order valence-corrected chi connectivity index (χ3v) is 4.40. The van der Waals surface area contributed by atoms with Gasteiger partial charge in [0.1, 0.15) is 5.60 Å². The van der Waals surface area contributed by atoms with Crippen LogP contribution in [0.15, 0.2) is 18.2 Å². The maximum Gasteiger partial charge on any atom is 0.410 e. The van der Waals surface area contributed by atoms with Gasteiger partial charge in [-0.05, 0) is 51.0 Å². The van der Waals surface area contributed by atoms with Crippen LogP contribution in [0.1, 0.15) is 50.5 Å². The molecule has 0 spiro atoms. The summed E-state index contributed by atoms with van der Waals surface area (Å²) in [5.74, 6) is -0.321. The zero-order valence-corrected chi connectivity index (χ0v) is 16.7. The van der Waals surface area contributed by atoms with E-state index < -0.39 is 5.60 Å². The number of anilines is 1. The number of esters is 1. The Morgan fingerprint density at radius 2 is 1.85 bits per heavy atom. The molecule has 26 heavy (non-hydrogen) atoms. The van der Waals surface area contributed by atoms with Crippen molar-refractivity contribution in [2.24, 2.45) is 0 Å². The van der Waals surface area contributed by atoms with Crippen molar-refractivity contribution >= 4 is 17.7 Å². The topological polar surface area (TPSA) is 59.1 Å². The van der Waals surface area contributed by atoms with Gasteiger partial charge in [-0.1, -0.05) is 13.8 Å². The van der Waals surface area contributed by atoms with Crippen LogP contribution in [0.2, 0.25) is 0 Å². The average molecular weight is 362 g/mol. The first-order valence-electron chi connectivity index (χ1n) is 9.24. The van der Waals surface area contributed by atoms with Crippen molar-refractivity contribution in [3.8, 4) is 0 Å². The highest BCUT2D eigenvalue weighted by atomic mass is 16.6. The van der Waals surface area contributed by atoms with Crippen LogP contribution in [0.4, 0.5) is 10.5 Å². The fourth-order valence-electron chi connectivity index (χ4n) is 3.37. The van der Waals surface area contributed by atoms with Crippen molar-refractivity contribution < 1.29 is 19.1 Å². The van der Waals surface area contributed by atoms with Gasteiger partial charge in [0.05, 0.1) is 18.7 Å². The molecule has 1 amide bonds. The summed E-state index contributed by atoms with van der Waals surface area (Å²) in [5.41, 5.74) is 2.37. The number of carbonyl (C=O) groups is 2. The highest BCUT2D eigenvalue weighted by Crippen LogP contribution is 2.35. The molecule has 0 N–H and O–H groups in total. The predicted molar refractivity (Wildman–Crippen MR) is 102 cm³/mol. The summed E-state index contributed by atoms with van der Waals surface area (Å²) < 4.78 is 10.3. The van der Waals surface area contributed by atoms with Gasteiger partial charge in [-0.15, -0.1) is 0 Å². The van der Waals surface area contributed by atoms with Crippen LogP contribution in [0.5, 0.6) is 0 Å². The molecule has 0 aromatic heterocycles. The highest BCUT2D eigenvalue weighted by molar-refractivity contribution is 5.90. The second-order valence-corrected chi connectivity index (χ2v) is 7.31. The number of ether oxygens (including phenoxy) is 2. The molecule has 2 aliphatic rings. The summed E-state index contributed by atoms with van der Waals surface area (Å²) >= 11 is 0. The normalized spacial score (nSPS) is 18.3. The SMILES string of the molecule is CC.COC(=O)c1ccc2c(c1)CC1CN(C(=O)OC(C)(C)C)CCN21. The molecule has 1 aromatic rings. The standard InChI is InChI=1S/C18H24N2O4.C2H6/c1-18(2,3)24-17(22)19-7-8-20-14(11-19)10-13-9-12(16(21)23-4)5-6-15(13)20;1-2/h5-6,9,14H,7-8,10-11H2,1-4H3;1-2H3. The van der Waals surface area contributed by atoms with Gasteiger partial charge in [0, 0.05) is 25.3 Å². The first kappa shape index (κ1) is 20.1. The maximum absolute atomic E-state index is 12.3. The fourth-order valence-corrected chi connectivity index (χ4v) is 3.37. The van der Waals surface area contributed by atoms with E-state index in [1.165, 1.54) is 7.11 Å². The van der Waals surface area contributed by atoms with Gasteiger partial charge in [-0.25, -0.2) is 9.59 Å². The molecular formula is C20H30N2O4. The third-order valence-electron chi connectivity index (χ3n) is 4.40. The van der Waals surface area contributed by atoms with Crippen LogP contribution in [-0.4, -0.2) is 55.3 Å². The molecule has 2 aliphatic heterocycles. The Morgan fingerprint density at radius 3 is 2.46 bits per heavy atom. The molecule has 1 saturated heterocycles. The molecule has 1 aromatic carbocycles. The number of nitrogens with zero attached hydrogens (tertiary/aromatic N) is 2. The zero-order chi connectivity index (χ0) is 19.5. The summed E-state index contributed by atoms with van der Waals surface area (Å²) in [6.45, 7) is 11.7. The molecule has 6 nitrogen and oxygen atoms in total. The molecule has 0 radical (unpaired) electrons. The Hall–Kier alpha value is -2.24. The lowest BCUT2D eigenvalue weighted by Crippen LogP contribution is -2.54. The van der Waals surface area contributed by atoms with Crippen molar-refractivity contribution in [1.82, 2.24) is 4.90 Å². The number of rotatable bonds is 1. The Labute approximate surface area is 156 Å². The fraction of sp³-hybridized carbons (Fsp3) is 0.600. The van der Waals surface area contributed by atoms with Gasteiger partial charge in [-0.3, -0.25) is 0 Å². The Balaban J connectivity index is 0.00000117. The molecule has 2 heterocycles. The number of hydrogen-bond acceptors (Lipinski definition) is 5. The molecular weight excluding hydrogens is 332 g/mol. The number of piperazine rings is 1. The summed E-state index contributed by atoms with van der Waals surface area (Å²) in [6.07, 6.45) is 0.563. The molecule has 3 rings (SSSR count). The molecule has 6 heteroatoms. The minimum atomic E-state index is -0.484. The average Bonchev–Trinajstić information content (AvgIpc) is 2.98. The molecule has 1 atom stereocenters. The van der Waals surface area contributed by atoms with Crippen LogP contribution in [0.3, 0.4) is 0 Å². The molecule has 0 saturated carbocycles. The van der Waals surface area contributed by atoms with Crippen LogP contribution >= 0.6 is 0 Å². The van der Waals surface area contributed by atoms with Gasteiger partial charge in [0.15, 0.2) is 0 Å². The van der Waals surface area contributed by atoms with E-state index >= 15 is 0 Å². The molecule has 0 bridgehead atoms. The van der Waals surface area contributed by atoms with E-state index in [0.29, 0.717) is 18.7 Å². The highest BCUT2D eigenvalue weighted by Gasteiger charge is 2.37. The quantitative estimate of drug-likeness (QED) is 0.716. The van der Waals surface area contributed by atoms with E-state index in [2.05, 4.69) is 4.90 Å². The van der Waals surface area contributed by atoms with E-state index in [-0.39, 0.29) is 18.1 Å². The number of amides is 1. The maximum atomic E-state index is 12.3. The summed E-state index contributed by atoms with van der Waals surface area (Å²) in [5, 5.41) is 0. The predicted octanol–water partition coefficient (Wildman–Crippen LogP) is 3.48. The van der Waals surface area contributed by atoms with Crippen molar-refractivity contribution in [3.63, 3.8) is 0 Å². The van der Waals surface area contributed by atoms with Gasteiger partial charge >= 0.3 is 12.1 Å². The lowest BCUT2D eigenvalue weighted by molar-refractivity contribution is 0.0217. The smallest absolute Gasteiger partial charge is 0.410 e. The molecule has 0 aliphatic carbocycles. The number of carbonyl (C=O) groups excluding carboxylic acids is 2. The van der Waals surface area contributed by atoms with Crippen LogP contribution in [0.25, 0.3) is 0 Å². The van der Waals surface area contributed by atoms with E-state index in [0.717, 1.165) is 24.2 Å². The Bertz CT molecular complexity index is 666. The number of hydrogen-bond donors (Lipinski definition) is 0. The van der Waals surface area contributed by atoms with Crippen molar-refractivity contribution in [1.29, 1.82) is 0 Å². The summed E-state index contributed by atoms with van der Waals surface area (Å²) in [6, 6.07) is 5.91. The second kappa shape index (κ2) is 7.98. The van der Waals surface area contributed by atoms with E-state index in [9.17, 15) is 9.59 Å². The number of methoxy groups -OCH3 is 1. The van der Waals surface area contributed by atoms with Crippen molar-refractivity contribution in [3.05, 3.63) is 29.3 Å². The Kier molecular flexibility index (Phi) is 6.16. The van der Waals surface area contributed by atoms with Crippen molar-refractivity contribution in [2.45, 2.75) is 52.7 Å². The van der Waals surface area contributed by atoms with Gasteiger partial charge in [0.2, 0.25) is 0 Å². The van der Waals surface area contributed by atoms with Crippen LogP contribution in [0, 0.1) is 0 Å². The lowest BCUT2D eigenvalue weighted by atomic mass is 10.1. The zero-order valence-electron chi connectivity index (χ0n) is 16.7. The van der Waals surface area contributed by atoms with Crippen LogP contribution < -0.4 is 4.90 Å². The van der Waals surface area contributed by atoms with E-state index in [1.807, 2.05) is 46.8 Å². The largest absolute Gasteiger partial charge is 0.465 e. The monoisotopic (exact) mass is 362 g/mol. The minimum Gasteiger partial charge on any atom is -0.465 e. The molecule has 144 valence electrons. The third kappa shape index (κ3) is 4.29. The van der Waals surface area contributed by atoms with Gasteiger partial charge in [-0.2, -0.15) is 0 Å². The van der Waals surface area contributed by atoms with E-state index in [1.54, 1.807) is 11.0 Å². The minimum absolute atomic E-state index is 0.231. The second-order valence-electron chi connectivity index (χ2n) is 7.31. The lowest BCUT2D eigenvalue weighted by Gasteiger charge is -2.39. The molecule has 1 unspecified atom stereocenters. The first-order valence-corrected chi connectivity index (χ1v) is 9.24. The first-order chi connectivity index (χ1) is 12.3. The Morgan fingerprint density at radius 1 is 1.15 bits per heavy atom. The van der Waals surface area contributed by atoms with Crippen LogP contribution in [-0.2, 0) is 15.9 Å². The summed E-state index contributed by atoms with van der Waals surface area (Å²) in [4.78, 5) is 28.1. The van der Waals surface area contributed by atoms with E-state index in [4.69, 9.17) is 9.47 Å². The van der Waals surface area contributed by atoms with Crippen molar-refractivity contribution in [2.75, 3.05) is 31.6 Å². The number of fused-ring (bicyclic) bond motifs is 3.